The van der Waals surface area contributed by atoms with Gasteiger partial charge in [-0.15, -0.1) is 11.3 Å². The number of nitrogens with zero attached hydrogens (tertiary/aromatic N) is 1. The van der Waals surface area contributed by atoms with Crippen LogP contribution in [0.4, 0.5) is 0 Å². The van der Waals surface area contributed by atoms with Gasteiger partial charge in [0.05, 0.1) is 11.6 Å². The van der Waals surface area contributed by atoms with Gasteiger partial charge in [-0.25, -0.2) is 0 Å². The predicted octanol–water partition coefficient (Wildman–Crippen LogP) is 3.81. The van der Waals surface area contributed by atoms with Gasteiger partial charge in [0.1, 0.15) is 0 Å². The topological polar surface area (TPSA) is 50.9 Å². The van der Waals surface area contributed by atoms with E-state index >= 15 is 0 Å². The highest BCUT2D eigenvalue weighted by Crippen LogP contribution is 2.30. The van der Waals surface area contributed by atoms with Gasteiger partial charge in [0.2, 0.25) is 0 Å². The summed E-state index contributed by atoms with van der Waals surface area (Å²) >= 11 is 5.31. The molecule has 1 unspecified atom stereocenters. The largest absolute Gasteiger partial charge is 0.271 e. The van der Waals surface area contributed by atoms with Gasteiger partial charge >= 0.3 is 0 Å². The molecule has 0 amide bonds. The van der Waals surface area contributed by atoms with Crippen LogP contribution >= 0.6 is 27.3 Å². The third-order valence-corrected chi connectivity index (χ3v) is 5.29. The number of halogens is 1. The number of aromatic nitrogens is 1. The van der Waals surface area contributed by atoms with Crippen molar-refractivity contribution in [2.45, 2.75) is 12.5 Å². The second-order valence-electron chi connectivity index (χ2n) is 4.53. The molecule has 3 nitrogen and oxygen atoms in total. The molecule has 1 aromatic carbocycles. The van der Waals surface area contributed by atoms with E-state index in [1.165, 1.54) is 10.4 Å². The quantitative estimate of drug-likeness (QED) is 0.557. The van der Waals surface area contributed by atoms with Crippen LogP contribution in [0.5, 0.6) is 0 Å². The molecular formula is C15H14BrN3S. The molecule has 3 N–H and O–H groups in total. The highest BCUT2D eigenvalue weighted by atomic mass is 79.9. The predicted molar refractivity (Wildman–Crippen MR) is 87.5 cm³/mol. The molecule has 0 aliphatic rings. The lowest BCUT2D eigenvalue weighted by Crippen LogP contribution is -2.29. The Balaban J connectivity index is 2.01. The fourth-order valence-corrected chi connectivity index (χ4v) is 3.91. The number of pyridine rings is 1. The SMILES string of the molecule is NNC(Cc1sccc1Br)c1cccc2ncccc12. The Morgan fingerprint density at radius 2 is 2.15 bits per heavy atom. The molecule has 1 atom stereocenters. The molecule has 20 heavy (non-hydrogen) atoms. The van der Waals surface area contributed by atoms with E-state index in [-0.39, 0.29) is 6.04 Å². The highest BCUT2D eigenvalue weighted by Gasteiger charge is 2.15. The number of nitrogens with one attached hydrogen (secondary N) is 1. The molecule has 0 fully saturated rings. The van der Waals surface area contributed by atoms with Crippen LogP contribution in [0.3, 0.4) is 0 Å². The Bertz CT molecular complexity index is 720. The number of hydrogen-bond acceptors (Lipinski definition) is 4. The van der Waals surface area contributed by atoms with Crippen molar-refractivity contribution in [1.29, 1.82) is 0 Å². The fourth-order valence-electron chi connectivity index (χ4n) is 2.35. The van der Waals surface area contributed by atoms with Crippen LogP contribution in [-0.2, 0) is 6.42 Å². The number of hydrogen-bond donors (Lipinski definition) is 2. The molecule has 0 saturated carbocycles. The van der Waals surface area contributed by atoms with E-state index in [0.29, 0.717) is 0 Å². The zero-order valence-electron chi connectivity index (χ0n) is 10.7. The Morgan fingerprint density at radius 1 is 1.25 bits per heavy atom. The lowest BCUT2D eigenvalue weighted by atomic mass is 9.99. The van der Waals surface area contributed by atoms with Crippen molar-refractivity contribution in [2.24, 2.45) is 5.84 Å². The van der Waals surface area contributed by atoms with E-state index in [2.05, 4.69) is 49.9 Å². The van der Waals surface area contributed by atoms with E-state index in [9.17, 15) is 0 Å². The molecule has 3 rings (SSSR count). The van der Waals surface area contributed by atoms with Gasteiger partial charge in [-0.2, -0.15) is 0 Å². The maximum atomic E-state index is 5.78. The Morgan fingerprint density at radius 3 is 2.90 bits per heavy atom. The Hall–Kier alpha value is -1.27. The molecule has 0 radical (unpaired) electrons. The summed E-state index contributed by atoms with van der Waals surface area (Å²) in [6.07, 6.45) is 2.66. The van der Waals surface area contributed by atoms with Crippen LogP contribution in [0, 0.1) is 0 Å². The third kappa shape index (κ3) is 2.62. The maximum absolute atomic E-state index is 5.78. The first kappa shape index (κ1) is 13.7. The summed E-state index contributed by atoms with van der Waals surface area (Å²) < 4.78 is 1.14. The molecule has 0 spiro atoms. The van der Waals surface area contributed by atoms with E-state index in [0.717, 1.165) is 21.8 Å². The van der Waals surface area contributed by atoms with E-state index in [1.807, 2.05) is 24.4 Å². The van der Waals surface area contributed by atoms with E-state index < -0.39 is 0 Å². The van der Waals surface area contributed by atoms with Crippen LogP contribution in [0.1, 0.15) is 16.5 Å². The fraction of sp³-hybridized carbons (Fsp3) is 0.133. The van der Waals surface area contributed by atoms with Crippen LogP contribution in [-0.4, -0.2) is 4.98 Å². The molecule has 5 heteroatoms. The zero-order chi connectivity index (χ0) is 13.9. The van der Waals surface area contributed by atoms with E-state index in [1.54, 1.807) is 11.3 Å². The van der Waals surface area contributed by atoms with Gasteiger partial charge < -0.3 is 0 Å². The summed E-state index contributed by atoms with van der Waals surface area (Å²) in [5, 5.41) is 3.23. The van der Waals surface area contributed by atoms with Crippen molar-refractivity contribution >= 4 is 38.2 Å². The van der Waals surface area contributed by atoms with Crippen LogP contribution in [0.25, 0.3) is 10.9 Å². The van der Waals surface area contributed by atoms with Crippen molar-refractivity contribution < 1.29 is 0 Å². The maximum Gasteiger partial charge on any atom is 0.0705 e. The second-order valence-corrected chi connectivity index (χ2v) is 6.39. The first-order valence-electron chi connectivity index (χ1n) is 6.31. The molecule has 0 bridgehead atoms. The van der Waals surface area contributed by atoms with Crippen molar-refractivity contribution in [2.75, 3.05) is 0 Å². The first-order valence-corrected chi connectivity index (χ1v) is 7.98. The van der Waals surface area contributed by atoms with Gasteiger partial charge in [-0.1, -0.05) is 18.2 Å². The third-order valence-electron chi connectivity index (χ3n) is 3.34. The lowest BCUT2D eigenvalue weighted by Gasteiger charge is -2.17. The average molecular weight is 348 g/mol. The number of benzene rings is 1. The van der Waals surface area contributed by atoms with Crippen LogP contribution < -0.4 is 11.3 Å². The molecule has 0 saturated heterocycles. The van der Waals surface area contributed by atoms with Gasteiger partial charge in [0.25, 0.3) is 0 Å². The monoisotopic (exact) mass is 347 g/mol. The first-order chi connectivity index (χ1) is 9.79. The Kier molecular flexibility index (Phi) is 4.12. The number of nitrogens with two attached hydrogens (primary N) is 1. The molecule has 0 aliphatic heterocycles. The van der Waals surface area contributed by atoms with Gasteiger partial charge in [-0.05, 0) is 45.1 Å². The minimum Gasteiger partial charge on any atom is -0.271 e. The highest BCUT2D eigenvalue weighted by molar-refractivity contribution is 9.10. The van der Waals surface area contributed by atoms with Gasteiger partial charge in [-0.3, -0.25) is 16.3 Å². The number of fused-ring (bicyclic) bond motifs is 1. The molecule has 2 aromatic heterocycles. The summed E-state index contributed by atoms with van der Waals surface area (Å²) in [7, 11) is 0. The smallest absolute Gasteiger partial charge is 0.0705 e. The van der Waals surface area contributed by atoms with Gasteiger partial charge in [0, 0.05) is 27.4 Å². The van der Waals surface area contributed by atoms with Crippen molar-refractivity contribution in [3.63, 3.8) is 0 Å². The summed E-state index contributed by atoms with van der Waals surface area (Å²) in [5.41, 5.74) is 5.11. The summed E-state index contributed by atoms with van der Waals surface area (Å²) in [6.45, 7) is 0. The van der Waals surface area contributed by atoms with Crippen LogP contribution in [0.15, 0.2) is 52.4 Å². The minimum atomic E-state index is 0.0675. The minimum absolute atomic E-state index is 0.0675. The van der Waals surface area contributed by atoms with Crippen molar-refractivity contribution in [1.82, 2.24) is 10.4 Å². The summed E-state index contributed by atoms with van der Waals surface area (Å²) in [5.74, 6) is 5.78. The number of thiophene rings is 1. The molecule has 102 valence electrons. The summed E-state index contributed by atoms with van der Waals surface area (Å²) in [6, 6.07) is 12.3. The molecule has 3 aromatic rings. The molecular weight excluding hydrogens is 334 g/mol. The molecule has 0 aliphatic carbocycles. The van der Waals surface area contributed by atoms with Crippen molar-refractivity contribution in [3.8, 4) is 0 Å². The average Bonchev–Trinajstić information content (AvgIpc) is 2.89. The molecule has 2 heterocycles. The number of hydrazine groups is 1. The van der Waals surface area contributed by atoms with Crippen molar-refractivity contribution in [3.05, 3.63) is 62.9 Å². The Labute approximate surface area is 129 Å². The second kappa shape index (κ2) is 6.01. The summed E-state index contributed by atoms with van der Waals surface area (Å²) in [4.78, 5) is 5.68. The van der Waals surface area contributed by atoms with Crippen LogP contribution in [0.2, 0.25) is 0 Å². The lowest BCUT2D eigenvalue weighted by molar-refractivity contribution is 0.558. The van der Waals surface area contributed by atoms with E-state index in [4.69, 9.17) is 5.84 Å². The normalized spacial score (nSPS) is 12.7. The van der Waals surface area contributed by atoms with Gasteiger partial charge in [0.15, 0.2) is 0 Å². The zero-order valence-corrected chi connectivity index (χ0v) is 13.1. The number of rotatable bonds is 4. The standard InChI is InChI=1S/C15H14BrN3S/c16-12-6-8-20-15(12)9-14(19-17)11-3-1-5-13-10(11)4-2-7-18-13/h1-8,14,19H,9,17H2.